The molecular formula is C15H26N4O5. The number of nitrogens with one attached hydrogen (secondary N) is 3. The molecule has 0 aliphatic heterocycles. The van der Waals surface area contributed by atoms with Gasteiger partial charge in [0.2, 0.25) is 5.91 Å². The molecule has 136 valence electrons. The Labute approximate surface area is 140 Å². The number of rotatable bonds is 10. The number of unbranched alkanes of at least 4 members (excludes halogenated alkanes) is 1. The fraction of sp³-hybridized carbons (Fsp3) is 0.667. The molecule has 0 aliphatic carbocycles. The van der Waals surface area contributed by atoms with Crippen LogP contribution in [0.5, 0.6) is 0 Å². The Morgan fingerprint density at radius 3 is 2.62 bits per heavy atom. The van der Waals surface area contributed by atoms with Gasteiger partial charge in [-0.15, -0.1) is 0 Å². The molecule has 9 nitrogen and oxygen atoms in total. The number of aromatic nitrogens is 1. The van der Waals surface area contributed by atoms with Crippen LogP contribution in [0.15, 0.2) is 10.7 Å². The normalized spacial score (nSPS) is 14.5. The summed E-state index contributed by atoms with van der Waals surface area (Å²) in [6.45, 7) is 3.17. The highest BCUT2D eigenvalue weighted by Crippen LogP contribution is 2.10. The summed E-state index contributed by atoms with van der Waals surface area (Å²) < 4.78 is 4.97. The third kappa shape index (κ3) is 6.17. The summed E-state index contributed by atoms with van der Waals surface area (Å²) in [5.74, 6) is -0.815. The average Bonchev–Trinajstić information content (AvgIpc) is 3.04. The molecule has 1 aromatic rings. The van der Waals surface area contributed by atoms with Crippen LogP contribution in [0.25, 0.3) is 0 Å². The number of aliphatic hydroxyl groups is 2. The van der Waals surface area contributed by atoms with E-state index in [1.807, 2.05) is 6.92 Å². The van der Waals surface area contributed by atoms with Crippen molar-refractivity contribution >= 4 is 17.8 Å². The standard InChI is InChI=1S/C15H26N4O5/c1-4-5-6-10(18-9(2)20)13(22)12(21)7-17-14(23)11-8-24-15(16-3)19-11/h8,10,12-13,21-22H,4-7H2,1-3H3,(H,16,19)(H,17,23)(H,18,20). The van der Waals surface area contributed by atoms with E-state index in [9.17, 15) is 19.8 Å². The zero-order valence-electron chi connectivity index (χ0n) is 14.2. The summed E-state index contributed by atoms with van der Waals surface area (Å²) in [7, 11) is 1.60. The molecule has 0 saturated carbocycles. The Bertz CT molecular complexity index is 534. The molecule has 0 spiro atoms. The molecule has 0 aliphatic rings. The van der Waals surface area contributed by atoms with Gasteiger partial charge < -0.3 is 30.6 Å². The fourth-order valence-corrected chi connectivity index (χ4v) is 2.18. The number of hydrogen-bond acceptors (Lipinski definition) is 7. The number of aliphatic hydroxyl groups excluding tert-OH is 2. The maximum absolute atomic E-state index is 11.9. The molecule has 0 radical (unpaired) electrons. The van der Waals surface area contributed by atoms with E-state index in [4.69, 9.17) is 4.42 Å². The number of nitrogens with zero attached hydrogens (tertiary/aromatic N) is 1. The molecule has 1 rings (SSSR count). The third-order valence-corrected chi connectivity index (χ3v) is 3.49. The smallest absolute Gasteiger partial charge is 0.294 e. The second-order valence-corrected chi connectivity index (χ2v) is 5.51. The van der Waals surface area contributed by atoms with Gasteiger partial charge in [-0.1, -0.05) is 19.8 Å². The Morgan fingerprint density at radius 1 is 1.38 bits per heavy atom. The summed E-state index contributed by atoms with van der Waals surface area (Å²) in [6, 6.07) is -0.372. The molecular weight excluding hydrogens is 316 g/mol. The molecule has 5 N–H and O–H groups in total. The van der Waals surface area contributed by atoms with Gasteiger partial charge in [0, 0.05) is 20.5 Å². The van der Waals surface area contributed by atoms with Crippen molar-refractivity contribution in [2.75, 3.05) is 18.9 Å². The first-order chi connectivity index (χ1) is 11.4. The molecule has 1 aromatic heterocycles. The Balaban J connectivity index is 2.55. The summed E-state index contributed by atoms with van der Waals surface area (Å²) in [4.78, 5) is 27.0. The minimum atomic E-state index is -1.22. The summed E-state index contributed by atoms with van der Waals surface area (Å²) in [6.07, 6.45) is 1.01. The van der Waals surface area contributed by atoms with E-state index in [1.165, 1.54) is 13.2 Å². The summed E-state index contributed by atoms with van der Waals surface area (Å²) in [5.41, 5.74) is 0.0606. The highest BCUT2D eigenvalue weighted by atomic mass is 16.4. The number of oxazole rings is 1. The van der Waals surface area contributed by atoms with Crippen LogP contribution in [-0.2, 0) is 4.79 Å². The zero-order valence-corrected chi connectivity index (χ0v) is 14.2. The molecule has 0 saturated heterocycles. The summed E-state index contributed by atoms with van der Waals surface area (Å²) in [5, 5.41) is 28.0. The van der Waals surface area contributed by atoms with E-state index in [0.717, 1.165) is 12.8 Å². The molecule has 9 heteroatoms. The Kier molecular flexibility index (Phi) is 8.20. The van der Waals surface area contributed by atoms with E-state index in [2.05, 4.69) is 20.9 Å². The highest BCUT2D eigenvalue weighted by Gasteiger charge is 2.27. The van der Waals surface area contributed by atoms with Crippen molar-refractivity contribution in [2.24, 2.45) is 0 Å². The van der Waals surface area contributed by atoms with Crippen molar-refractivity contribution in [2.45, 2.75) is 51.4 Å². The molecule has 24 heavy (non-hydrogen) atoms. The van der Waals surface area contributed by atoms with Gasteiger partial charge in [-0.05, 0) is 6.42 Å². The van der Waals surface area contributed by atoms with Crippen molar-refractivity contribution in [3.63, 3.8) is 0 Å². The van der Waals surface area contributed by atoms with E-state index in [-0.39, 0.29) is 24.2 Å². The third-order valence-electron chi connectivity index (χ3n) is 3.49. The van der Waals surface area contributed by atoms with Gasteiger partial charge in [0.1, 0.15) is 12.4 Å². The van der Waals surface area contributed by atoms with Gasteiger partial charge in [0.25, 0.3) is 11.9 Å². The van der Waals surface area contributed by atoms with Crippen LogP contribution < -0.4 is 16.0 Å². The Hall–Kier alpha value is -2.13. The van der Waals surface area contributed by atoms with Gasteiger partial charge in [-0.25, -0.2) is 0 Å². The lowest BCUT2D eigenvalue weighted by molar-refractivity contribution is -0.121. The number of anilines is 1. The number of carbonyl (C=O) groups excluding carboxylic acids is 2. The molecule has 3 unspecified atom stereocenters. The van der Waals surface area contributed by atoms with Crippen molar-refractivity contribution in [3.05, 3.63) is 12.0 Å². The molecule has 1 heterocycles. The van der Waals surface area contributed by atoms with Crippen molar-refractivity contribution in [3.8, 4) is 0 Å². The minimum Gasteiger partial charge on any atom is -0.431 e. The van der Waals surface area contributed by atoms with Crippen LogP contribution >= 0.6 is 0 Å². The molecule has 2 amide bonds. The number of carbonyl (C=O) groups is 2. The van der Waals surface area contributed by atoms with Gasteiger partial charge >= 0.3 is 0 Å². The van der Waals surface area contributed by atoms with Crippen molar-refractivity contribution in [1.29, 1.82) is 0 Å². The lowest BCUT2D eigenvalue weighted by Gasteiger charge is -2.27. The van der Waals surface area contributed by atoms with Crippen LogP contribution in [0.3, 0.4) is 0 Å². The van der Waals surface area contributed by atoms with E-state index >= 15 is 0 Å². The SMILES string of the molecule is CCCCC(NC(C)=O)C(O)C(O)CNC(=O)c1coc(NC)n1. The molecule has 0 aromatic carbocycles. The summed E-state index contributed by atoms with van der Waals surface area (Å²) >= 11 is 0. The maximum atomic E-state index is 11.9. The van der Waals surface area contributed by atoms with Crippen LogP contribution in [-0.4, -0.2) is 58.9 Å². The van der Waals surface area contributed by atoms with E-state index < -0.39 is 24.2 Å². The maximum Gasteiger partial charge on any atom is 0.294 e. The van der Waals surface area contributed by atoms with Gasteiger partial charge in [-0.2, -0.15) is 4.98 Å². The molecule has 3 atom stereocenters. The van der Waals surface area contributed by atoms with E-state index in [0.29, 0.717) is 6.42 Å². The minimum absolute atomic E-state index is 0.0606. The van der Waals surface area contributed by atoms with Gasteiger partial charge in [-0.3, -0.25) is 9.59 Å². The van der Waals surface area contributed by atoms with E-state index in [1.54, 1.807) is 7.05 Å². The van der Waals surface area contributed by atoms with Crippen LogP contribution in [0.2, 0.25) is 0 Å². The topological polar surface area (TPSA) is 137 Å². The first-order valence-corrected chi connectivity index (χ1v) is 7.93. The van der Waals surface area contributed by atoms with Gasteiger partial charge in [0.15, 0.2) is 5.69 Å². The largest absolute Gasteiger partial charge is 0.431 e. The van der Waals surface area contributed by atoms with Crippen molar-refractivity contribution < 1.29 is 24.2 Å². The van der Waals surface area contributed by atoms with Crippen LogP contribution in [0, 0.1) is 0 Å². The first-order valence-electron chi connectivity index (χ1n) is 7.93. The number of amides is 2. The quantitative estimate of drug-likeness (QED) is 0.399. The fourth-order valence-electron chi connectivity index (χ4n) is 2.18. The Morgan fingerprint density at radius 2 is 2.08 bits per heavy atom. The second-order valence-electron chi connectivity index (χ2n) is 5.51. The zero-order chi connectivity index (χ0) is 18.1. The average molecular weight is 342 g/mol. The lowest BCUT2D eigenvalue weighted by atomic mass is 9.99. The predicted molar refractivity (Wildman–Crippen MR) is 87.5 cm³/mol. The van der Waals surface area contributed by atoms with Gasteiger partial charge in [0.05, 0.1) is 12.1 Å². The molecule has 0 fully saturated rings. The highest BCUT2D eigenvalue weighted by molar-refractivity contribution is 5.92. The van der Waals surface area contributed by atoms with Crippen molar-refractivity contribution in [1.82, 2.24) is 15.6 Å². The second kappa shape index (κ2) is 9.89. The molecule has 0 bridgehead atoms. The van der Waals surface area contributed by atoms with Crippen LogP contribution in [0.1, 0.15) is 43.6 Å². The monoisotopic (exact) mass is 342 g/mol. The first kappa shape index (κ1) is 19.9. The predicted octanol–water partition coefficient (Wildman–Crippen LogP) is -0.137. The lowest BCUT2D eigenvalue weighted by Crippen LogP contribution is -2.51. The van der Waals surface area contributed by atoms with Crippen LogP contribution in [0.4, 0.5) is 6.01 Å². The number of hydrogen-bond donors (Lipinski definition) is 5.